The first-order chi connectivity index (χ1) is 8.19. The molecule has 1 heterocycles. The first kappa shape index (κ1) is 16.8. The first-order valence-electron chi connectivity index (χ1n) is 5.25. The standard InChI is InChI=1S/C11H15N3O3.HI/c1-14-8-9(3-4-10(14)7-13-17)11(16)12-5-2-6-15;/h3-4,7-8,15H,2,5-6H2,1H3,(H,12,16);1H. The van der Waals surface area contributed by atoms with Crippen LogP contribution in [-0.4, -0.2) is 35.6 Å². The third-order valence-corrected chi connectivity index (χ3v) is 2.25. The molecule has 1 aromatic rings. The minimum atomic E-state index is -0.193. The summed E-state index contributed by atoms with van der Waals surface area (Å²) in [5.41, 5.74) is 1.19. The molecule has 0 aliphatic heterocycles. The molecule has 0 radical (unpaired) electrons. The van der Waals surface area contributed by atoms with Crippen molar-refractivity contribution in [2.75, 3.05) is 13.2 Å². The van der Waals surface area contributed by atoms with E-state index in [9.17, 15) is 4.79 Å². The molecule has 1 aromatic heterocycles. The highest BCUT2D eigenvalue weighted by atomic mass is 127. The number of amides is 1. The molecule has 100 valence electrons. The van der Waals surface area contributed by atoms with Crippen molar-refractivity contribution in [3.63, 3.8) is 0 Å². The van der Waals surface area contributed by atoms with Crippen LogP contribution in [0.4, 0.5) is 0 Å². The average molecular weight is 365 g/mol. The number of aromatic nitrogens is 1. The summed E-state index contributed by atoms with van der Waals surface area (Å²) >= 11 is 0. The zero-order chi connectivity index (χ0) is 12.7. The Hall–Kier alpha value is -1.22. The average Bonchev–Trinajstić information content (AvgIpc) is 2.32. The number of nitrogens with zero attached hydrogens (tertiary/aromatic N) is 2. The van der Waals surface area contributed by atoms with Gasteiger partial charge in [0.25, 0.3) is 5.91 Å². The predicted octanol–water partition coefficient (Wildman–Crippen LogP) is -3.56. The third-order valence-electron chi connectivity index (χ3n) is 2.25. The van der Waals surface area contributed by atoms with E-state index in [1.807, 2.05) is 0 Å². The van der Waals surface area contributed by atoms with E-state index >= 15 is 0 Å². The van der Waals surface area contributed by atoms with Crippen LogP contribution in [0.25, 0.3) is 0 Å². The van der Waals surface area contributed by atoms with E-state index in [0.29, 0.717) is 24.2 Å². The maximum atomic E-state index is 11.7. The second kappa shape index (κ2) is 8.81. The number of hydrogen-bond acceptors (Lipinski definition) is 4. The van der Waals surface area contributed by atoms with Crippen molar-refractivity contribution in [3.8, 4) is 0 Å². The molecule has 0 saturated heterocycles. The van der Waals surface area contributed by atoms with Crippen LogP contribution < -0.4 is 33.9 Å². The summed E-state index contributed by atoms with van der Waals surface area (Å²) in [4.78, 5) is 11.7. The van der Waals surface area contributed by atoms with E-state index in [-0.39, 0.29) is 36.5 Å². The largest absolute Gasteiger partial charge is 1.00 e. The summed E-state index contributed by atoms with van der Waals surface area (Å²) in [7, 11) is 1.75. The molecule has 0 unspecified atom stereocenters. The Balaban J connectivity index is 0.00000289. The zero-order valence-electron chi connectivity index (χ0n) is 10.0. The summed E-state index contributed by atoms with van der Waals surface area (Å²) < 4.78 is 1.68. The van der Waals surface area contributed by atoms with Crippen LogP contribution >= 0.6 is 0 Å². The van der Waals surface area contributed by atoms with Gasteiger partial charge in [0.15, 0.2) is 6.20 Å². The number of carbonyl (C=O) groups excluding carboxylic acids is 1. The molecule has 7 heteroatoms. The van der Waals surface area contributed by atoms with E-state index in [0.717, 1.165) is 0 Å². The Morgan fingerprint density at radius 1 is 1.56 bits per heavy atom. The molecular formula is C11H16IN3O3. The second-order valence-corrected chi connectivity index (χ2v) is 3.53. The number of rotatable bonds is 5. The van der Waals surface area contributed by atoms with E-state index in [4.69, 9.17) is 10.3 Å². The topological polar surface area (TPSA) is 85.8 Å². The van der Waals surface area contributed by atoms with Gasteiger partial charge in [-0.2, -0.15) is 4.57 Å². The number of aliphatic hydroxyl groups excluding tert-OH is 1. The SMILES string of the molecule is C[n+]1cc(C(=O)NCCCO)ccc1/C=N/O.[I-]. The zero-order valence-corrected chi connectivity index (χ0v) is 12.2. The summed E-state index contributed by atoms with van der Waals surface area (Å²) in [6.45, 7) is 0.499. The van der Waals surface area contributed by atoms with Gasteiger partial charge in [-0.25, -0.2) is 0 Å². The monoisotopic (exact) mass is 365 g/mol. The van der Waals surface area contributed by atoms with Crippen LogP contribution in [0.5, 0.6) is 0 Å². The Morgan fingerprint density at radius 3 is 2.83 bits per heavy atom. The fraction of sp³-hybridized carbons (Fsp3) is 0.364. The van der Waals surface area contributed by atoms with Crippen molar-refractivity contribution in [1.29, 1.82) is 0 Å². The van der Waals surface area contributed by atoms with E-state index in [1.165, 1.54) is 6.21 Å². The highest BCUT2D eigenvalue weighted by Gasteiger charge is 2.11. The maximum absolute atomic E-state index is 11.7. The number of oxime groups is 1. The molecule has 0 spiro atoms. The molecule has 3 N–H and O–H groups in total. The van der Waals surface area contributed by atoms with Gasteiger partial charge in [-0.1, -0.05) is 5.16 Å². The summed E-state index contributed by atoms with van der Waals surface area (Å²) in [5.74, 6) is -0.193. The van der Waals surface area contributed by atoms with Crippen LogP contribution in [0.1, 0.15) is 22.5 Å². The smallest absolute Gasteiger partial charge is 0.257 e. The predicted molar refractivity (Wildman–Crippen MR) is 61.0 cm³/mol. The van der Waals surface area contributed by atoms with Crippen molar-refractivity contribution in [1.82, 2.24) is 5.32 Å². The van der Waals surface area contributed by atoms with Crippen molar-refractivity contribution in [3.05, 3.63) is 29.6 Å². The number of pyridine rings is 1. The van der Waals surface area contributed by atoms with Gasteiger partial charge < -0.3 is 39.6 Å². The lowest BCUT2D eigenvalue weighted by Crippen LogP contribution is -3.00. The Kier molecular flexibility index (Phi) is 8.21. The van der Waals surface area contributed by atoms with Gasteiger partial charge in [0.2, 0.25) is 5.69 Å². The van der Waals surface area contributed by atoms with Crippen molar-refractivity contribution < 1.29 is 43.7 Å². The fourth-order valence-electron chi connectivity index (χ4n) is 1.33. The number of carbonyl (C=O) groups is 1. The highest BCUT2D eigenvalue weighted by molar-refractivity contribution is 5.93. The number of aliphatic hydroxyl groups is 1. The number of nitrogens with one attached hydrogen (secondary N) is 1. The van der Waals surface area contributed by atoms with Crippen LogP contribution in [0.3, 0.4) is 0 Å². The summed E-state index contributed by atoms with van der Waals surface area (Å²) in [6, 6.07) is 3.33. The molecule has 0 bridgehead atoms. The molecular weight excluding hydrogens is 349 g/mol. The van der Waals surface area contributed by atoms with Crippen molar-refractivity contribution in [2.24, 2.45) is 12.2 Å². The lowest BCUT2D eigenvalue weighted by atomic mass is 10.2. The lowest BCUT2D eigenvalue weighted by Gasteiger charge is -2.03. The van der Waals surface area contributed by atoms with Gasteiger partial charge in [0, 0.05) is 19.2 Å². The Bertz CT molecular complexity index is 424. The van der Waals surface area contributed by atoms with Gasteiger partial charge in [0.1, 0.15) is 18.8 Å². The van der Waals surface area contributed by atoms with Gasteiger partial charge >= 0.3 is 0 Å². The second-order valence-electron chi connectivity index (χ2n) is 3.53. The highest BCUT2D eigenvalue weighted by Crippen LogP contribution is 1.97. The molecule has 0 aromatic carbocycles. The Morgan fingerprint density at radius 2 is 2.28 bits per heavy atom. The van der Waals surface area contributed by atoms with Gasteiger partial charge in [-0.15, -0.1) is 0 Å². The third kappa shape index (κ3) is 4.96. The lowest BCUT2D eigenvalue weighted by molar-refractivity contribution is -0.672. The summed E-state index contributed by atoms with van der Waals surface area (Å²) in [5, 5.41) is 22.6. The van der Waals surface area contributed by atoms with Crippen LogP contribution in [0, 0.1) is 0 Å². The van der Waals surface area contributed by atoms with Gasteiger partial charge in [0.05, 0.1) is 0 Å². The first-order valence-corrected chi connectivity index (χ1v) is 5.25. The molecule has 1 rings (SSSR count). The maximum Gasteiger partial charge on any atom is 0.257 e. The van der Waals surface area contributed by atoms with Crippen LogP contribution in [0.15, 0.2) is 23.5 Å². The minimum absolute atomic E-state index is 0. The number of aryl methyl sites for hydroxylation is 1. The van der Waals surface area contributed by atoms with Crippen molar-refractivity contribution >= 4 is 12.1 Å². The molecule has 18 heavy (non-hydrogen) atoms. The molecule has 0 aliphatic rings. The molecule has 0 aliphatic carbocycles. The minimum Gasteiger partial charge on any atom is -1.00 e. The quantitative estimate of drug-likeness (QED) is 0.126. The molecule has 0 fully saturated rings. The van der Waals surface area contributed by atoms with Gasteiger partial charge in [-0.3, -0.25) is 4.79 Å². The number of halogens is 1. The number of hydrogen-bond donors (Lipinski definition) is 3. The normalized spacial score (nSPS) is 10.1. The molecule has 0 atom stereocenters. The van der Waals surface area contributed by atoms with E-state index in [1.54, 1.807) is 29.9 Å². The molecule has 1 amide bonds. The van der Waals surface area contributed by atoms with E-state index in [2.05, 4.69) is 10.5 Å². The Labute approximate surface area is 122 Å². The fourth-order valence-corrected chi connectivity index (χ4v) is 1.33. The van der Waals surface area contributed by atoms with E-state index < -0.39 is 0 Å². The molecule has 6 nitrogen and oxygen atoms in total. The molecule has 0 saturated carbocycles. The van der Waals surface area contributed by atoms with Gasteiger partial charge in [-0.05, 0) is 12.5 Å². The van der Waals surface area contributed by atoms with Crippen LogP contribution in [0.2, 0.25) is 0 Å². The van der Waals surface area contributed by atoms with Crippen LogP contribution in [-0.2, 0) is 7.05 Å². The summed E-state index contributed by atoms with van der Waals surface area (Å²) in [6.07, 6.45) is 3.46. The van der Waals surface area contributed by atoms with Crippen molar-refractivity contribution in [2.45, 2.75) is 6.42 Å².